The van der Waals surface area contributed by atoms with Crippen molar-refractivity contribution in [3.63, 3.8) is 0 Å². The van der Waals surface area contributed by atoms with E-state index in [2.05, 4.69) is 15.0 Å². The van der Waals surface area contributed by atoms with Crippen LogP contribution in [0.3, 0.4) is 0 Å². The Balaban J connectivity index is 2.04. The molecule has 3 heterocycles. The molecule has 1 saturated heterocycles. The normalized spacial score (nSPS) is 15.4. The van der Waals surface area contributed by atoms with Crippen molar-refractivity contribution in [2.75, 3.05) is 18.0 Å². The van der Waals surface area contributed by atoms with Crippen LogP contribution in [0.25, 0.3) is 11.4 Å². The number of rotatable bonds is 3. The molecule has 0 spiro atoms. The van der Waals surface area contributed by atoms with E-state index < -0.39 is 12.2 Å². The quantitative estimate of drug-likeness (QED) is 0.926. The third kappa shape index (κ3) is 2.43. The minimum Gasteiger partial charge on any atom is -0.360 e. The highest BCUT2D eigenvalue weighted by Crippen LogP contribution is 2.26. The second-order valence-electron chi connectivity index (χ2n) is 4.55. The number of anilines is 1. The number of aromatic nitrogens is 3. The molecule has 0 radical (unpaired) electrons. The molecule has 1 aliphatic heterocycles. The van der Waals surface area contributed by atoms with Gasteiger partial charge >= 0.3 is 0 Å². The minimum absolute atomic E-state index is 0.408. The van der Waals surface area contributed by atoms with Gasteiger partial charge < -0.3 is 9.88 Å². The van der Waals surface area contributed by atoms with Crippen molar-refractivity contribution in [3.8, 4) is 11.4 Å². The Morgan fingerprint density at radius 2 is 2.00 bits per heavy atom. The fourth-order valence-electron chi connectivity index (χ4n) is 2.29. The molecule has 0 aliphatic carbocycles. The molecule has 4 nitrogen and oxygen atoms in total. The molecule has 2 aromatic heterocycles. The summed E-state index contributed by atoms with van der Waals surface area (Å²) in [5.41, 5.74) is 1.24. The predicted octanol–water partition coefficient (Wildman–Crippen LogP) is 3.01. The summed E-state index contributed by atoms with van der Waals surface area (Å²) in [5.74, 6) is 0.182. The zero-order valence-electron chi connectivity index (χ0n) is 10.3. The molecule has 0 amide bonds. The molecule has 2 aromatic rings. The largest absolute Gasteiger partial charge is 0.360 e. The number of aromatic amines is 1. The highest BCUT2D eigenvalue weighted by molar-refractivity contribution is 5.59. The number of nitrogens with zero attached hydrogens (tertiary/aromatic N) is 3. The number of hydrogen-bond donors (Lipinski definition) is 1. The molecule has 3 rings (SSSR count). The first-order valence-electron chi connectivity index (χ1n) is 6.30. The van der Waals surface area contributed by atoms with Crippen LogP contribution in [-0.4, -0.2) is 28.0 Å². The van der Waals surface area contributed by atoms with E-state index in [9.17, 15) is 8.78 Å². The SMILES string of the molecule is FC(F)c1nc(-c2ccc[nH]2)cc(N2CCCC2)n1. The molecule has 1 aliphatic rings. The lowest BCUT2D eigenvalue weighted by Gasteiger charge is -2.17. The van der Waals surface area contributed by atoms with Gasteiger partial charge in [0.05, 0.1) is 11.4 Å². The summed E-state index contributed by atoms with van der Waals surface area (Å²) >= 11 is 0. The smallest absolute Gasteiger partial charge is 0.297 e. The molecule has 6 heteroatoms. The van der Waals surface area contributed by atoms with Gasteiger partial charge in [0.2, 0.25) is 0 Å². The van der Waals surface area contributed by atoms with E-state index in [1.165, 1.54) is 0 Å². The van der Waals surface area contributed by atoms with Crippen molar-refractivity contribution in [1.29, 1.82) is 0 Å². The summed E-state index contributed by atoms with van der Waals surface area (Å²) in [6, 6.07) is 5.39. The number of H-pyrrole nitrogens is 1. The highest BCUT2D eigenvalue weighted by Gasteiger charge is 2.19. The monoisotopic (exact) mass is 264 g/mol. The third-order valence-corrected chi connectivity index (χ3v) is 3.23. The fraction of sp³-hybridized carbons (Fsp3) is 0.385. The standard InChI is InChI=1S/C13H14F2N4/c14-12(15)13-17-10(9-4-3-5-16-9)8-11(18-13)19-6-1-2-7-19/h3-5,8,12,16H,1-2,6-7H2. The van der Waals surface area contributed by atoms with Crippen LogP contribution in [0, 0.1) is 0 Å². The van der Waals surface area contributed by atoms with E-state index >= 15 is 0 Å². The Morgan fingerprint density at radius 1 is 1.21 bits per heavy atom. The first-order valence-corrected chi connectivity index (χ1v) is 6.30. The molecule has 0 saturated carbocycles. The number of nitrogens with one attached hydrogen (secondary N) is 1. The van der Waals surface area contributed by atoms with Crippen LogP contribution in [0.15, 0.2) is 24.4 Å². The lowest BCUT2D eigenvalue weighted by atomic mass is 10.3. The maximum Gasteiger partial charge on any atom is 0.297 e. The summed E-state index contributed by atoms with van der Waals surface area (Å²) in [6.07, 6.45) is 1.24. The van der Waals surface area contributed by atoms with Crippen molar-refractivity contribution >= 4 is 5.82 Å². The second kappa shape index (κ2) is 4.95. The van der Waals surface area contributed by atoms with Crippen LogP contribution in [0.1, 0.15) is 25.1 Å². The van der Waals surface area contributed by atoms with E-state index in [1.807, 2.05) is 17.0 Å². The first kappa shape index (κ1) is 12.1. The Labute approximate surface area is 109 Å². The van der Waals surface area contributed by atoms with E-state index in [4.69, 9.17) is 0 Å². The van der Waals surface area contributed by atoms with Gasteiger partial charge in [-0.05, 0) is 25.0 Å². The van der Waals surface area contributed by atoms with E-state index in [0.29, 0.717) is 11.5 Å². The average molecular weight is 264 g/mol. The van der Waals surface area contributed by atoms with Crippen LogP contribution >= 0.6 is 0 Å². The Bertz CT molecular complexity index is 548. The van der Waals surface area contributed by atoms with Crippen molar-refractivity contribution < 1.29 is 8.78 Å². The first-order chi connectivity index (χ1) is 9.24. The van der Waals surface area contributed by atoms with E-state index in [-0.39, 0.29) is 0 Å². The Kier molecular flexibility index (Phi) is 3.15. The molecule has 0 atom stereocenters. The maximum atomic E-state index is 12.9. The summed E-state index contributed by atoms with van der Waals surface area (Å²) in [4.78, 5) is 12.9. The van der Waals surface area contributed by atoms with Crippen molar-refractivity contribution in [1.82, 2.24) is 15.0 Å². The minimum atomic E-state index is -2.66. The zero-order valence-corrected chi connectivity index (χ0v) is 10.3. The van der Waals surface area contributed by atoms with Gasteiger partial charge in [-0.25, -0.2) is 18.7 Å². The van der Waals surface area contributed by atoms with E-state index in [0.717, 1.165) is 31.6 Å². The van der Waals surface area contributed by atoms with Crippen LogP contribution in [0.2, 0.25) is 0 Å². The van der Waals surface area contributed by atoms with Gasteiger partial charge in [-0.2, -0.15) is 0 Å². The summed E-state index contributed by atoms with van der Waals surface area (Å²) in [6.45, 7) is 1.73. The molecular weight excluding hydrogens is 250 g/mol. The van der Waals surface area contributed by atoms with Crippen LogP contribution < -0.4 is 4.90 Å². The van der Waals surface area contributed by atoms with Gasteiger partial charge in [-0.3, -0.25) is 0 Å². The molecular formula is C13H14F2N4. The Hall–Kier alpha value is -1.98. The fourth-order valence-corrected chi connectivity index (χ4v) is 2.29. The summed E-state index contributed by atoms with van der Waals surface area (Å²) in [5, 5.41) is 0. The second-order valence-corrected chi connectivity index (χ2v) is 4.55. The molecule has 1 N–H and O–H groups in total. The van der Waals surface area contributed by atoms with Gasteiger partial charge in [-0.15, -0.1) is 0 Å². The lowest BCUT2D eigenvalue weighted by molar-refractivity contribution is 0.140. The van der Waals surface area contributed by atoms with Gasteiger partial charge in [0.25, 0.3) is 6.43 Å². The van der Waals surface area contributed by atoms with Crippen LogP contribution in [0.4, 0.5) is 14.6 Å². The molecule has 100 valence electrons. The lowest BCUT2D eigenvalue weighted by Crippen LogP contribution is -2.20. The van der Waals surface area contributed by atoms with Crippen LogP contribution in [0.5, 0.6) is 0 Å². The third-order valence-electron chi connectivity index (χ3n) is 3.23. The van der Waals surface area contributed by atoms with E-state index in [1.54, 1.807) is 12.3 Å². The molecule has 1 fully saturated rings. The number of halogens is 2. The van der Waals surface area contributed by atoms with Gasteiger partial charge in [0, 0.05) is 25.4 Å². The molecule has 0 aromatic carbocycles. The topological polar surface area (TPSA) is 44.8 Å². The maximum absolute atomic E-state index is 12.9. The number of alkyl halides is 2. The summed E-state index contributed by atoms with van der Waals surface area (Å²) in [7, 11) is 0. The summed E-state index contributed by atoms with van der Waals surface area (Å²) < 4.78 is 25.8. The zero-order chi connectivity index (χ0) is 13.2. The van der Waals surface area contributed by atoms with Crippen molar-refractivity contribution in [2.45, 2.75) is 19.3 Å². The van der Waals surface area contributed by atoms with Crippen molar-refractivity contribution in [2.24, 2.45) is 0 Å². The van der Waals surface area contributed by atoms with Gasteiger partial charge in [0.15, 0.2) is 5.82 Å². The highest BCUT2D eigenvalue weighted by atomic mass is 19.3. The molecule has 0 unspecified atom stereocenters. The predicted molar refractivity (Wildman–Crippen MR) is 68.2 cm³/mol. The van der Waals surface area contributed by atoms with Gasteiger partial charge in [-0.1, -0.05) is 0 Å². The average Bonchev–Trinajstić information content (AvgIpc) is 3.11. The van der Waals surface area contributed by atoms with Crippen molar-refractivity contribution in [3.05, 3.63) is 30.2 Å². The Morgan fingerprint density at radius 3 is 2.63 bits per heavy atom. The number of hydrogen-bond acceptors (Lipinski definition) is 3. The molecule has 19 heavy (non-hydrogen) atoms. The van der Waals surface area contributed by atoms with Crippen LogP contribution in [-0.2, 0) is 0 Å². The van der Waals surface area contributed by atoms with Gasteiger partial charge in [0.1, 0.15) is 5.82 Å². The molecule has 0 bridgehead atoms.